The standard InChI is InChI=1S/C45H58N8O13.2C2HF3O2/c1-27(54)36(5-2-14-51-44(47)48)53-40(58)26-52-42(60)35(46)12-13-39(57)49-15-3-17-62-19-21-64-22-20-63-18-4-16-50-41(59)28-6-9-31-34(23-28)45(66-43(31)61)32-10-7-29(55)24-37(32)65-38-25-30(56)8-11-33(38)45;2*3-2(4,5)1(6)7/h6-11,23-25,35-36,55-56H,2-5,12-22,26,46H2,1H3,(H,49,57)(H,50,59)(H,52,60)(H,53,58)(H4,47,48,51);2*(H,6,7)/t35-,36-;;/m0../s1. The van der Waals surface area contributed by atoms with Gasteiger partial charge in [0.05, 0.1) is 50.6 Å². The van der Waals surface area contributed by atoms with Crippen molar-refractivity contribution in [2.24, 2.45) is 22.2 Å². The molecular formula is C49H60F6N8O17. The van der Waals surface area contributed by atoms with Gasteiger partial charge in [0.1, 0.15) is 23.0 Å². The Morgan fingerprint density at radius 3 is 1.70 bits per heavy atom. The first-order valence-corrected chi connectivity index (χ1v) is 24.1. The molecule has 2 aliphatic rings. The smallest absolute Gasteiger partial charge is 0.490 e. The molecule has 2 atom stereocenters. The highest BCUT2D eigenvalue weighted by molar-refractivity contribution is 6.01. The van der Waals surface area contributed by atoms with E-state index in [-0.39, 0.29) is 71.5 Å². The van der Waals surface area contributed by atoms with Crippen LogP contribution in [0.4, 0.5) is 26.3 Å². The van der Waals surface area contributed by atoms with Crippen LogP contribution in [0.15, 0.2) is 59.6 Å². The van der Waals surface area contributed by atoms with Crippen LogP contribution >= 0.6 is 0 Å². The number of esters is 1. The number of phenolic OH excluding ortho intramolecular Hbond substituents is 2. The van der Waals surface area contributed by atoms with Gasteiger partial charge in [-0.25, -0.2) is 14.4 Å². The molecule has 5 rings (SSSR count). The van der Waals surface area contributed by atoms with E-state index in [1.165, 1.54) is 31.2 Å². The number of halogens is 6. The van der Waals surface area contributed by atoms with Gasteiger partial charge >= 0.3 is 30.3 Å². The van der Waals surface area contributed by atoms with E-state index in [0.717, 1.165) is 0 Å². The summed E-state index contributed by atoms with van der Waals surface area (Å²) >= 11 is 0. The molecule has 14 N–H and O–H groups in total. The number of fused-ring (bicyclic) bond motifs is 6. The lowest BCUT2D eigenvalue weighted by Crippen LogP contribution is -2.48. The number of nitrogens with two attached hydrogens (primary N) is 3. The Labute approximate surface area is 451 Å². The summed E-state index contributed by atoms with van der Waals surface area (Å²) in [5.41, 5.74) is 16.9. The minimum Gasteiger partial charge on any atom is -0.508 e. The zero-order chi connectivity index (χ0) is 59.8. The molecule has 0 radical (unpaired) electrons. The maximum atomic E-state index is 13.2. The minimum absolute atomic E-state index is 0.00986. The molecule has 0 unspecified atom stereocenters. The number of nitrogens with zero attached hydrogens (tertiary/aromatic N) is 1. The second-order valence-corrected chi connectivity index (χ2v) is 17.1. The zero-order valence-electron chi connectivity index (χ0n) is 42.7. The van der Waals surface area contributed by atoms with E-state index in [1.807, 2.05) is 0 Å². The monoisotopic (exact) mass is 1150 g/mol. The minimum atomic E-state index is -5.08. The number of amides is 4. The van der Waals surface area contributed by atoms with Crippen molar-refractivity contribution in [2.45, 2.75) is 75.5 Å². The number of carbonyl (C=O) groups is 8. The molecule has 0 aromatic heterocycles. The maximum Gasteiger partial charge on any atom is 0.490 e. The summed E-state index contributed by atoms with van der Waals surface area (Å²) in [4.78, 5) is 96.7. The highest BCUT2D eigenvalue weighted by Gasteiger charge is 2.54. The second kappa shape index (κ2) is 31.3. The van der Waals surface area contributed by atoms with E-state index in [2.05, 4.69) is 26.3 Å². The quantitative estimate of drug-likeness (QED) is 0.0171. The number of rotatable bonds is 27. The zero-order valence-corrected chi connectivity index (χ0v) is 42.7. The Morgan fingerprint density at radius 1 is 0.688 bits per heavy atom. The number of alkyl halides is 6. The Morgan fingerprint density at radius 2 is 1.20 bits per heavy atom. The summed E-state index contributed by atoms with van der Waals surface area (Å²) < 4.78 is 92.2. The molecule has 440 valence electrons. The van der Waals surface area contributed by atoms with Crippen LogP contribution in [-0.2, 0) is 53.3 Å². The number of hydrogen-bond acceptors (Lipinski definition) is 17. The SMILES string of the molecule is CC(=O)[C@H](CCCN=C(N)N)NC(=O)CNC(=O)[C@@H](N)CCC(=O)NCCCOCCOCCOCCCNC(=O)c1ccc2c(c1)C1(OC2=O)c2ccc(O)cc2Oc2cc(O)ccc21.O=C(O)C(F)(F)F.O=C(O)C(F)(F)F. The summed E-state index contributed by atoms with van der Waals surface area (Å²) in [5.74, 6) is -7.87. The van der Waals surface area contributed by atoms with Crippen LogP contribution in [0.3, 0.4) is 0 Å². The van der Waals surface area contributed by atoms with Crippen molar-refractivity contribution in [1.82, 2.24) is 21.3 Å². The predicted molar refractivity (Wildman–Crippen MR) is 265 cm³/mol. The number of ketones is 1. The van der Waals surface area contributed by atoms with Crippen LogP contribution in [0.25, 0.3) is 0 Å². The summed E-state index contributed by atoms with van der Waals surface area (Å²) in [6, 6.07) is 11.9. The topological polar surface area (TPSA) is 402 Å². The molecule has 2 heterocycles. The van der Waals surface area contributed by atoms with Crippen molar-refractivity contribution < 1.29 is 109 Å². The number of phenols is 2. The number of aliphatic imine (C=N–C) groups is 1. The van der Waals surface area contributed by atoms with Crippen molar-refractivity contribution in [3.05, 3.63) is 82.4 Å². The fraction of sp³-hybridized carbons (Fsp3) is 0.449. The van der Waals surface area contributed by atoms with Crippen molar-refractivity contribution in [2.75, 3.05) is 65.8 Å². The molecular weight excluding hydrogens is 1090 g/mol. The fourth-order valence-electron chi connectivity index (χ4n) is 7.19. The number of benzene rings is 3. The van der Waals surface area contributed by atoms with E-state index in [4.69, 9.17) is 60.7 Å². The van der Waals surface area contributed by atoms with Crippen molar-refractivity contribution in [1.29, 1.82) is 0 Å². The molecule has 2 aliphatic heterocycles. The van der Waals surface area contributed by atoms with Gasteiger partial charge in [0, 0.05) is 73.7 Å². The summed E-state index contributed by atoms with van der Waals surface area (Å²) in [6.45, 7) is 4.11. The lowest BCUT2D eigenvalue weighted by Gasteiger charge is -2.36. The van der Waals surface area contributed by atoms with Crippen LogP contribution < -0.4 is 43.2 Å². The molecule has 0 saturated carbocycles. The number of ether oxygens (including phenoxy) is 5. The van der Waals surface area contributed by atoms with E-state index < -0.39 is 59.8 Å². The number of Topliss-reactive ketones (excluding diaryl/α,β-unsaturated/α-hetero) is 1. The number of aromatic hydroxyl groups is 2. The lowest BCUT2D eigenvalue weighted by atomic mass is 9.77. The summed E-state index contributed by atoms with van der Waals surface area (Å²) in [5, 5.41) is 45.2. The molecule has 4 amide bonds. The first kappa shape index (κ1) is 66.0. The molecule has 0 aliphatic carbocycles. The summed E-state index contributed by atoms with van der Waals surface area (Å²) in [7, 11) is 0. The molecule has 0 fully saturated rings. The van der Waals surface area contributed by atoms with Crippen molar-refractivity contribution in [3.63, 3.8) is 0 Å². The molecule has 0 saturated heterocycles. The van der Waals surface area contributed by atoms with Gasteiger partial charge in [-0.15, -0.1) is 0 Å². The van der Waals surface area contributed by atoms with Crippen LogP contribution in [0.1, 0.15) is 82.9 Å². The first-order chi connectivity index (χ1) is 37.6. The average Bonchev–Trinajstić information content (AvgIpc) is 3.66. The average molecular weight is 1150 g/mol. The highest BCUT2D eigenvalue weighted by Crippen LogP contribution is 2.57. The van der Waals surface area contributed by atoms with E-state index in [9.17, 15) is 65.3 Å². The Hall–Kier alpha value is -8.29. The van der Waals surface area contributed by atoms with Gasteiger partial charge in [-0.05, 0) is 81.5 Å². The molecule has 1 spiro atoms. The van der Waals surface area contributed by atoms with Gasteiger partial charge in [-0.2, -0.15) is 26.3 Å². The summed E-state index contributed by atoms with van der Waals surface area (Å²) in [6.07, 6.45) is -8.20. The molecule has 3 aromatic carbocycles. The van der Waals surface area contributed by atoms with Crippen LogP contribution in [-0.4, -0.2) is 164 Å². The van der Waals surface area contributed by atoms with Gasteiger partial charge in [0.25, 0.3) is 5.91 Å². The van der Waals surface area contributed by atoms with Crippen LogP contribution in [0.2, 0.25) is 0 Å². The lowest BCUT2D eigenvalue weighted by molar-refractivity contribution is -0.193. The normalized spacial score (nSPS) is 13.3. The van der Waals surface area contributed by atoms with Gasteiger partial charge < -0.3 is 82.6 Å². The third kappa shape index (κ3) is 21.2. The van der Waals surface area contributed by atoms with Gasteiger partial charge in [-0.3, -0.25) is 29.0 Å². The van der Waals surface area contributed by atoms with Crippen molar-refractivity contribution in [3.8, 4) is 23.0 Å². The number of nitrogens with one attached hydrogen (secondary N) is 4. The first-order valence-electron chi connectivity index (χ1n) is 24.1. The Bertz CT molecular complexity index is 2610. The predicted octanol–water partition coefficient (Wildman–Crippen LogP) is 1.96. The molecule has 25 nitrogen and oxygen atoms in total. The van der Waals surface area contributed by atoms with Gasteiger partial charge in [0.15, 0.2) is 17.3 Å². The number of carbonyl (C=O) groups excluding carboxylic acids is 6. The van der Waals surface area contributed by atoms with E-state index >= 15 is 0 Å². The van der Waals surface area contributed by atoms with Gasteiger partial charge in [-0.1, -0.05) is 0 Å². The Balaban J connectivity index is 0.00000106. The largest absolute Gasteiger partial charge is 0.508 e. The van der Waals surface area contributed by atoms with Crippen molar-refractivity contribution >= 4 is 53.3 Å². The maximum absolute atomic E-state index is 13.2. The number of carboxylic acids is 2. The van der Waals surface area contributed by atoms with Crippen LogP contribution in [0.5, 0.6) is 23.0 Å². The second-order valence-electron chi connectivity index (χ2n) is 17.1. The number of carboxylic acid groups (broad SMARTS) is 2. The number of aliphatic carboxylic acids is 2. The van der Waals surface area contributed by atoms with E-state index in [1.54, 1.807) is 30.3 Å². The Kier molecular flexibility index (Phi) is 25.9. The van der Waals surface area contributed by atoms with E-state index in [0.29, 0.717) is 107 Å². The molecule has 0 bridgehead atoms. The van der Waals surface area contributed by atoms with Crippen LogP contribution in [0, 0.1) is 0 Å². The van der Waals surface area contributed by atoms with Gasteiger partial charge in [0.2, 0.25) is 17.7 Å². The number of guanidine groups is 1. The molecule has 31 heteroatoms. The third-order valence-corrected chi connectivity index (χ3v) is 11.0. The highest BCUT2D eigenvalue weighted by atomic mass is 19.4. The fourth-order valence-corrected chi connectivity index (χ4v) is 7.19. The molecule has 80 heavy (non-hydrogen) atoms. The molecule has 3 aromatic rings. The third-order valence-electron chi connectivity index (χ3n) is 11.0. The number of hydrogen-bond donors (Lipinski definition) is 11.